The topological polar surface area (TPSA) is 70.6 Å². The van der Waals surface area contributed by atoms with Gasteiger partial charge in [0.1, 0.15) is 0 Å². The molecule has 112 valence electrons. The fraction of sp³-hybridized carbons (Fsp3) is 0. The van der Waals surface area contributed by atoms with Crippen molar-refractivity contribution in [2.75, 3.05) is 5.32 Å². The number of nitrogens with zero attached hydrogens (tertiary/aromatic N) is 1. The maximum Gasteiger partial charge on any atom is 0.329 e. The van der Waals surface area contributed by atoms with Gasteiger partial charge in [0, 0.05) is 10.0 Å². The number of nitrogens with one attached hydrogen (secondary N) is 2. The van der Waals surface area contributed by atoms with Crippen LogP contribution in [0.1, 0.15) is 5.56 Å². The number of para-hydroxylation sites is 1. The standard InChI is InChI=1S/C15H11BrClN3O2/c16-11-6-2-1-5-10(11)9-18-20-15(22)14(21)19-13-8-4-3-7-12(13)17/h1-9H,(H,19,21)(H,20,22). The molecule has 2 N–H and O–H groups in total. The van der Waals surface area contributed by atoms with Gasteiger partial charge in [0.2, 0.25) is 0 Å². The molecular weight excluding hydrogens is 370 g/mol. The molecule has 22 heavy (non-hydrogen) atoms. The van der Waals surface area contributed by atoms with Crippen LogP contribution in [0.25, 0.3) is 0 Å². The van der Waals surface area contributed by atoms with Crippen molar-refractivity contribution in [3.63, 3.8) is 0 Å². The van der Waals surface area contributed by atoms with Gasteiger partial charge in [-0.2, -0.15) is 5.10 Å². The lowest BCUT2D eigenvalue weighted by Crippen LogP contribution is -2.32. The van der Waals surface area contributed by atoms with Gasteiger partial charge in [0.25, 0.3) is 0 Å². The maximum absolute atomic E-state index is 11.7. The monoisotopic (exact) mass is 379 g/mol. The van der Waals surface area contributed by atoms with Crippen LogP contribution in [0.5, 0.6) is 0 Å². The van der Waals surface area contributed by atoms with Crippen LogP contribution in [0.3, 0.4) is 0 Å². The molecule has 0 aromatic heterocycles. The van der Waals surface area contributed by atoms with E-state index in [1.165, 1.54) is 6.21 Å². The Hall–Kier alpha value is -2.18. The van der Waals surface area contributed by atoms with Crippen LogP contribution >= 0.6 is 27.5 Å². The van der Waals surface area contributed by atoms with E-state index in [2.05, 4.69) is 31.8 Å². The first-order valence-electron chi connectivity index (χ1n) is 6.21. The molecule has 0 bridgehead atoms. The molecule has 5 nitrogen and oxygen atoms in total. The Morgan fingerprint density at radius 3 is 2.45 bits per heavy atom. The number of amides is 2. The first-order valence-corrected chi connectivity index (χ1v) is 7.38. The zero-order chi connectivity index (χ0) is 15.9. The van der Waals surface area contributed by atoms with E-state index in [1.54, 1.807) is 24.3 Å². The lowest BCUT2D eigenvalue weighted by Gasteiger charge is -2.05. The third-order valence-electron chi connectivity index (χ3n) is 2.60. The average Bonchev–Trinajstić information content (AvgIpc) is 2.51. The van der Waals surface area contributed by atoms with E-state index in [1.807, 2.05) is 24.3 Å². The summed E-state index contributed by atoms with van der Waals surface area (Å²) in [4.78, 5) is 23.4. The summed E-state index contributed by atoms with van der Waals surface area (Å²) < 4.78 is 0.827. The zero-order valence-corrected chi connectivity index (χ0v) is 13.6. The molecule has 2 aromatic rings. The van der Waals surface area contributed by atoms with Gasteiger partial charge in [-0.15, -0.1) is 0 Å². The minimum absolute atomic E-state index is 0.348. The predicted octanol–water partition coefficient (Wildman–Crippen LogP) is 3.19. The molecule has 0 saturated carbocycles. The maximum atomic E-state index is 11.7. The lowest BCUT2D eigenvalue weighted by atomic mass is 10.2. The highest BCUT2D eigenvalue weighted by Gasteiger charge is 2.14. The Bertz CT molecular complexity index is 734. The van der Waals surface area contributed by atoms with Gasteiger partial charge in [0.05, 0.1) is 16.9 Å². The number of rotatable bonds is 3. The van der Waals surface area contributed by atoms with E-state index in [4.69, 9.17) is 11.6 Å². The fourth-order valence-electron chi connectivity index (χ4n) is 1.53. The molecule has 0 spiro atoms. The van der Waals surface area contributed by atoms with Crippen molar-refractivity contribution in [2.45, 2.75) is 0 Å². The third-order valence-corrected chi connectivity index (χ3v) is 3.65. The van der Waals surface area contributed by atoms with Crippen molar-refractivity contribution in [1.29, 1.82) is 0 Å². The molecule has 7 heteroatoms. The Balaban J connectivity index is 1.94. The van der Waals surface area contributed by atoms with Crippen LogP contribution < -0.4 is 10.7 Å². The number of benzene rings is 2. The quantitative estimate of drug-likeness (QED) is 0.488. The molecule has 0 heterocycles. The third kappa shape index (κ3) is 4.41. The first kappa shape index (κ1) is 16.2. The van der Waals surface area contributed by atoms with Gasteiger partial charge in [-0.25, -0.2) is 5.43 Å². The molecular formula is C15H11BrClN3O2. The summed E-state index contributed by atoms with van der Waals surface area (Å²) in [6, 6.07) is 14.0. The molecule has 0 atom stereocenters. The normalized spacial score (nSPS) is 10.5. The Labute approximate surface area is 140 Å². The van der Waals surface area contributed by atoms with Gasteiger partial charge < -0.3 is 5.32 Å². The minimum Gasteiger partial charge on any atom is -0.316 e. The second-order valence-electron chi connectivity index (χ2n) is 4.15. The van der Waals surface area contributed by atoms with Crippen LogP contribution in [-0.4, -0.2) is 18.0 Å². The average molecular weight is 381 g/mol. The molecule has 0 fully saturated rings. The van der Waals surface area contributed by atoms with Crippen molar-refractivity contribution in [1.82, 2.24) is 5.43 Å². The van der Waals surface area contributed by atoms with Crippen LogP contribution in [-0.2, 0) is 9.59 Å². The molecule has 0 radical (unpaired) electrons. The molecule has 0 aliphatic heterocycles. The largest absolute Gasteiger partial charge is 0.329 e. The summed E-state index contributed by atoms with van der Waals surface area (Å²) in [5, 5.41) is 6.49. The Kier molecular flexibility index (Phi) is 5.68. The second-order valence-corrected chi connectivity index (χ2v) is 5.42. The van der Waals surface area contributed by atoms with E-state index >= 15 is 0 Å². The van der Waals surface area contributed by atoms with E-state index in [0.29, 0.717) is 10.7 Å². The Morgan fingerprint density at radius 1 is 1.05 bits per heavy atom. The lowest BCUT2D eigenvalue weighted by molar-refractivity contribution is -0.136. The van der Waals surface area contributed by atoms with Crippen molar-refractivity contribution in [3.8, 4) is 0 Å². The van der Waals surface area contributed by atoms with Gasteiger partial charge in [-0.1, -0.05) is 57.9 Å². The smallest absolute Gasteiger partial charge is 0.316 e. The fourth-order valence-corrected chi connectivity index (χ4v) is 2.10. The van der Waals surface area contributed by atoms with Crippen molar-refractivity contribution < 1.29 is 9.59 Å². The predicted molar refractivity (Wildman–Crippen MR) is 90.0 cm³/mol. The van der Waals surface area contributed by atoms with E-state index in [-0.39, 0.29) is 0 Å². The number of hydrazone groups is 1. The van der Waals surface area contributed by atoms with E-state index in [0.717, 1.165) is 10.0 Å². The molecule has 0 saturated heterocycles. The summed E-state index contributed by atoms with van der Waals surface area (Å²) in [5.41, 5.74) is 3.29. The number of halogens is 2. The number of carbonyl (C=O) groups is 2. The van der Waals surface area contributed by atoms with E-state index in [9.17, 15) is 9.59 Å². The van der Waals surface area contributed by atoms with Crippen molar-refractivity contribution in [2.24, 2.45) is 5.10 Å². The number of hydrogen-bond donors (Lipinski definition) is 2. The van der Waals surface area contributed by atoms with Crippen molar-refractivity contribution >= 4 is 51.2 Å². The highest BCUT2D eigenvalue weighted by atomic mass is 79.9. The van der Waals surface area contributed by atoms with Gasteiger partial charge in [0.15, 0.2) is 0 Å². The summed E-state index contributed by atoms with van der Waals surface area (Å²) in [6.07, 6.45) is 1.44. The van der Waals surface area contributed by atoms with Crippen LogP contribution in [0.15, 0.2) is 58.1 Å². The molecule has 0 aliphatic rings. The summed E-state index contributed by atoms with van der Waals surface area (Å²) in [7, 11) is 0. The summed E-state index contributed by atoms with van der Waals surface area (Å²) >= 11 is 9.24. The van der Waals surface area contributed by atoms with Crippen LogP contribution in [0.2, 0.25) is 5.02 Å². The first-order chi connectivity index (χ1) is 10.6. The molecule has 2 aromatic carbocycles. The summed E-state index contributed by atoms with van der Waals surface area (Å²) in [5.74, 6) is -1.74. The van der Waals surface area contributed by atoms with Crippen molar-refractivity contribution in [3.05, 3.63) is 63.6 Å². The Morgan fingerprint density at radius 2 is 1.73 bits per heavy atom. The van der Waals surface area contributed by atoms with Crippen LogP contribution in [0.4, 0.5) is 5.69 Å². The van der Waals surface area contributed by atoms with E-state index < -0.39 is 11.8 Å². The highest BCUT2D eigenvalue weighted by molar-refractivity contribution is 9.10. The van der Waals surface area contributed by atoms with Gasteiger partial charge in [-0.05, 0) is 18.2 Å². The molecule has 2 rings (SSSR count). The molecule has 2 amide bonds. The number of hydrogen-bond acceptors (Lipinski definition) is 3. The SMILES string of the molecule is O=C(NN=Cc1ccccc1Br)C(=O)Nc1ccccc1Cl. The van der Waals surface area contributed by atoms with Gasteiger partial charge >= 0.3 is 11.8 Å². The second kappa shape index (κ2) is 7.72. The zero-order valence-electron chi connectivity index (χ0n) is 11.2. The van der Waals surface area contributed by atoms with Gasteiger partial charge in [-0.3, -0.25) is 9.59 Å². The highest BCUT2D eigenvalue weighted by Crippen LogP contribution is 2.20. The van der Waals surface area contributed by atoms with Crippen LogP contribution in [0, 0.1) is 0 Å². The molecule has 0 unspecified atom stereocenters. The minimum atomic E-state index is -0.886. The summed E-state index contributed by atoms with van der Waals surface area (Å²) in [6.45, 7) is 0. The number of anilines is 1. The number of carbonyl (C=O) groups excluding carboxylic acids is 2. The molecule has 0 aliphatic carbocycles.